The fourth-order valence-corrected chi connectivity index (χ4v) is 5.30. The van der Waals surface area contributed by atoms with E-state index in [0.29, 0.717) is 11.5 Å². The highest BCUT2D eigenvalue weighted by Crippen LogP contribution is 2.41. The smallest absolute Gasteiger partial charge is 0.449 e. The van der Waals surface area contributed by atoms with Gasteiger partial charge in [-0.1, -0.05) is 23.1 Å². The van der Waals surface area contributed by atoms with Gasteiger partial charge in [0.2, 0.25) is 11.8 Å². The van der Waals surface area contributed by atoms with Crippen LogP contribution in [0, 0.1) is 6.92 Å². The molecule has 1 aromatic heterocycles. The van der Waals surface area contributed by atoms with Crippen LogP contribution >= 0.6 is 34.9 Å². The van der Waals surface area contributed by atoms with E-state index in [1.807, 2.05) is 6.92 Å². The number of fused-ring (bicyclic) bond motifs is 1. The summed E-state index contributed by atoms with van der Waals surface area (Å²) >= 11 is 4.41. The second-order valence-electron chi connectivity index (χ2n) is 4.59. The van der Waals surface area contributed by atoms with E-state index in [1.165, 1.54) is 39.8 Å². The number of rotatable bonds is 4. The van der Waals surface area contributed by atoms with Gasteiger partial charge in [-0.2, -0.15) is 0 Å². The number of β-lactam (4-membered cyclic amide) rings is 1. The molecule has 3 rings (SSSR count). The lowest BCUT2D eigenvalue weighted by molar-refractivity contribution is -0.144. The molecule has 3 N–H and O–H groups in total. The lowest BCUT2D eigenvalue weighted by Gasteiger charge is -2.47. The number of nitrogens with zero attached hydrogens (tertiary/aromatic N) is 3. The quantitative estimate of drug-likeness (QED) is 0.462. The van der Waals surface area contributed by atoms with Crippen molar-refractivity contribution in [1.29, 1.82) is 0 Å². The highest BCUT2D eigenvalue weighted by Gasteiger charge is 2.51. The van der Waals surface area contributed by atoms with Crippen molar-refractivity contribution in [1.82, 2.24) is 15.1 Å². The van der Waals surface area contributed by atoms with Gasteiger partial charge in [-0.3, -0.25) is 9.69 Å². The minimum absolute atomic E-state index is 0.0942. The van der Waals surface area contributed by atoms with Crippen molar-refractivity contribution in [2.24, 2.45) is 5.73 Å². The summed E-state index contributed by atoms with van der Waals surface area (Å²) in [6.45, 7) is 1.86. The lowest BCUT2D eigenvalue weighted by Crippen LogP contribution is -2.68. The molecule has 0 aromatic carbocycles. The molecule has 0 radical (unpaired) electrons. The van der Waals surface area contributed by atoms with Crippen molar-refractivity contribution in [3.05, 3.63) is 16.5 Å². The number of nitrogens with two attached hydrogens (primary N) is 1. The predicted octanol–water partition coefficient (Wildman–Crippen LogP) is 1.09. The zero-order valence-corrected chi connectivity index (χ0v) is 13.8. The highest BCUT2D eigenvalue weighted by molar-refractivity contribution is 8.01. The van der Waals surface area contributed by atoms with E-state index < -0.39 is 12.2 Å². The van der Waals surface area contributed by atoms with Crippen molar-refractivity contribution in [3.8, 4) is 0 Å². The molecule has 1 amide bonds. The average molecular weight is 360 g/mol. The number of aryl methyl sites for hydroxylation is 1. The number of hydrogen-bond acceptors (Lipinski definition) is 9. The Morgan fingerprint density at radius 3 is 3.00 bits per heavy atom. The Labute approximate surface area is 138 Å². The van der Waals surface area contributed by atoms with Gasteiger partial charge in [0.1, 0.15) is 16.4 Å². The Balaban J connectivity index is 1.79. The van der Waals surface area contributed by atoms with E-state index in [0.717, 1.165) is 14.9 Å². The predicted molar refractivity (Wildman–Crippen MR) is 82.6 cm³/mol. The molecule has 11 heteroatoms. The number of aromatic nitrogens is 2. The van der Waals surface area contributed by atoms with Gasteiger partial charge in [-0.25, -0.2) is 4.79 Å². The maximum Gasteiger partial charge on any atom is 0.512 e. The summed E-state index contributed by atoms with van der Waals surface area (Å²) in [7, 11) is 0. The van der Waals surface area contributed by atoms with Crippen LogP contribution in [0.3, 0.4) is 0 Å². The van der Waals surface area contributed by atoms with Crippen LogP contribution in [0.25, 0.3) is 0 Å². The molecule has 2 aliphatic rings. The fourth-order valence-electron chi connectivity index (χ4n) is 2.09. The zero-order chi connectivity index (χ0) is 15.9. The summed E-state index contributed by atoms with van der Waals surface area (Å²) in [6.07, 6.45) is -1.44. The molecule has 8 nitrogen and oxygen atoms in total. The van der Waals surface area contributed by atoms with Crippen LogP contribution in [0.1, 0.15) is 5.01 Å². The van der Waals surface area contributed by atoms with E-state index in [2.05, 4.69) is 10.2 Å². The number of ether oxygens (including phenoxy) is 1. The van der Waals surface area contributed by atoms with E-state index >= 15 is 0 Å². The normalized spacial score (nSPS) is 24.1. The largest absolute Gasteiger partial charge is 0.512 e. The average Bonchev–Trinajstić information content (AvgIpc) is 2.89. The Kier molecular flexibility index (Phi) is 4.30. The molecule has 1 fully saturated rings. The molecule has 0 spiro atoms. The summed E-state index contributed by atoms with van der Waals surface area (Å²) in [5, 5.41) is 17.4. The monoisotopic (exact) mass is 360 g/mol. The Morgan fingerprint density at radius 1 is 1.59 bits per heavy atom. The van der Waals surface area contributed by atoms with Gasteiger partial charge >= 0.3 is 6.16 Å². The van der Waals surface area contributed by atoms with Crippen molar-refractivity contribution in [2.75, 3.05) is 11.5 Å². The van der Waals surface area contributed by atoms with Gasteiger partial charge in [0.15, 0.2) is 4.34 Å². The van der Waals surface area contributed by atoms with Gasteiger partial charge in [0, 0.05) is 17.1 Å². The summed E-state index contributed by atoms with van der Waals surface area (Å²) in [5.74, 6) is 0.824. The Morgan fingerprint density at radius 2 is 2.36 bits per heavy atom. The Bertz CT molecular complexity index is 662. The fraction of sp³-hybridized carbons (Fsp3) is 0.455. The maximum absolute atomic E-state index is 11.9. The molecular formula is C11H12N4O4S3. The molecule has 2 atom stereocenters. The van der Waals surface area contributed by atoms with Crippen LogP contribution in [0.2, 0.25) is 0 Å². The van der Waals surface area contributed by atoms with E-state index in [9.17, 15) is 9.59 Å². The topological polar surface area (TPSA) is 119 Å². The summed E-state index contributed by atoms with van der Waals surface area (Å²) < 4.78 is 5.63. The first-order chi connectivity index (χ1) is 10.5. The number of carboxylic acid groups (broad SMARTS) is 1. The molecule has 2 aliphatic heterocycles. The minimum atomic E-state index is -1.44. The first-order valence-corrected chi connectivity index (χ1v) is 9.08. The molecule has 1 saturated heterocycles. The molecule has 0 bridgehead atoms. The first-order valence-electron chi connectivity index (χ1n) is 6.23. The third-order valence-electron chi connectivity index (χ3n) is 3.10. The lowest BCUT2D eigenvalue weighted by atomic mass is 10.1. The number of carbonyl (C=O) groups is 2. The molecule has 1 aromatic rings. The molecular weight excluding hydrogens is 348 g/mol. The van der Waals surface area contributed by atoms with E-state index in [4.69, 9.17) is 15.6 Å². The summed E-state index contributed by atoms with van der Waals surface area (Å²) in [4.78, 5) is 24.1. The molecule has 3 heterocycles. The van der Waals surface area contributed by atoms with Crippen molar-refractivity contribution in [2.45, 2.75) is 22.7 Å². The van der Waals surface area contributed by atoms with Crippen LogP contribution in [-0.4, -0.2) is 55.2 Å². The molecule has 0 saturated carbocycles. The van der Waals surface area contributed by atoms with Crippen LogP contribution in [0.4, 0.5) is 4.79 Å². The second kappa shape index (κ2) is 6.07. The number of thioether (sulfide) groups is 2. The third-order valence-corrected chi connectivity index (χ3v) is 6.51. The zero-order valence-electron chi connectivity index (χ0n) is 11.4. The van der Waals surface area contributed by atoms with Gasteiger partial charge in [0.05, 0.1) is 0 Å². The Hall–Kier alpha value is -1.30. The van der Waals surface area contributed by atoms with Crippen molar-refractivity contribution >= 4 is 46.9 Å². The van der Waals surface area contributed by atoms with Gasteiger partial charge in [0.25, 0.3) is 0 Å². The number of hydrogen-bond donors (Lipinski definition) is 2. The summed E-state index contributed by atoms with van der Waals surface area (Å²) in [6, 6.07) is -0.600. The van der Waals surface area contributed by atoms with Crippen molar-refractivity contribution < 1.29 is 19.4 Å². The second-order valence-corrected chi connectivity index (χ2v) is 8.10. The number of amides is 1. The van der Waals surface area contributed by atoms with Gasteiger partial charge < -0.3 is 15.6 Å². The molecule has 1 unspecified atom stereocenters. The molecule has 0 aliphatic carbocycles. The van der Waals surface area contributed by atoms with Crippen LogP contribution < -0.4 is 5.73 Å². The van der Waals surface area contributed by atoms with E-state index in [1.54, 1.807) is 0 Å². The SMILES string of the molecule is Cc1nnc(SCC2=C(OC(=O)O)N3C(=O)C(N)[C@@H]3SC2)s1. The summed E-state index contributed by atoms with van der Waals surface area (Å²) in [5.41, 5.74) is 6.46. The first kappa shape index (κ1) is 15.6. The van der Waals surface area contributed by atoms with Gasteiger partial charge in [-0.05, 0) is 6.92 Å². The van der Waals surface area contributed by atoms with Crippen molar-refractivity contribution in [3.63, 3.8) is 0 Å². The molecule has 22 heavy (non-hydrogen) atoms. The van der Waals surface area contributed by atoms with E-state index in [-0.39, 0.29) is 17.2 Å². The minimum Gasteiger partial charge on any atom is -0.449 e. The van der Waals surface area contributed by atoms with Crippen LogP contribution in [-0.2, 0) is 9.53 Å². The highest BCUT2D eigenvalue weighted by atomic mass is 32.2. The molecule has 118 valence electrons. The van der Waals surface area contributed by atoms with Crippen LogP contribution in [0.5, 0.6) is 0 Å². The van der Waals surface area contributed by atoms with Gasteiger partial charge in [-0.15, -0.1) is 22.0 Å². The maximum atomic E-state index is 11.9. The number of carbonyl (C=O) groups excluding carboxylic acids is 1. The standard InChI is InChI=1S/C11H12N4O4S3/c1-4-13-14-10(22-4)21-3-5-2-20-9-6(12)7(16)15(9)8(5)19-11(17)18/h6,9H,2-3,12H2,1H3,(H,17,18)/t6?,9-/m0/s1. The third kappa shape index (κ3) is 2.81. The van der Waals surface area contributed by atoms with Crippen LogP contribution in [0.15, 0.2) is 15.8 Å².